The van der Waals surface area contributed by atoms with Gasteiger partial charge in [-0.15, -0.1) is 0 Å². The zero-order valence-corrected chi connectivity index (χ0v) is 11.1. The molecule has 0 heterocycles. The van der Waals surface area contributed by atoms with E-state index in [-0.39, 0.29) is 18.0 Å². The molecule has 0 aliphatic carbocycles. The molecule has 2 atom stereocenters. The maximum atomic E-state index is 9.86. The number of rotatable bonds is 5. The minimum absolute atomic E-state index is 0.0991. The zero-order chi connectivity index (χ0) is 13.7. The van der Waals surface area contributed by atoms with Gasteiger partial charge in [-0.3, -0.25) is 0 Å². The number of nitrogens with zero attached hydrogens (tertiary/aromatic N) is 3. The van der Waals surface area contributed by atoms with Crippen molar-refractivity contribution >= 4 is 15.9 Å². The van der Waals surface area contributed by atoms with Gasteiger partial charge in [-0.25, -0.2) is 0 Å². The number of ether oxygens (including phenoxy) is 1. The third-order valence-corrected chi connectivity index (χ3v) is 2.91. The Morgan fingerprint density at radius 3 is 2.72 bits per heavy atom. The Hall–Kier alpha value is -1.47. The van der Waals surface area contributed by atoms with Crippen molar-refractivity contribution in [2.45, 2.75) is 12.2 Å². The molecule has 0 aliphatic heterocycles. The molecule has 1 rings (SSSR count). The number of methoxy groups -OCH3 is 1. The summed E-state index contributed by atoms with van der Waals surface area (Å²) in [5, 5.41) is 32.2. The predicted octanol–water partition coefficient (Wildman–Crippen LogP) is 1.87. The maximum Gasteiger partial charge on any atom is 0.172 e. The first kappa shape index (κ1) is 14.6. The number of benzene rings is 1. The van der Waals surface area contributed by atoms with Crippen LogP contribution in [0.5, 0.6) is 11.5 Å². The Balaban J connectivity index is 3.02. The lowest BCUT2D eigenvalue weighted by Crippen LogP contribution is -2.21. The Bertz CT molecular complexity index is 476. The topological polar surface area (TPSA) is 119 Å². The van der Waals surface area contributed by atoms with Gasteiger partial charge >= 0.3 is 0 Å². The summed E-state index contributed by atoms with van der Waals surface area (Å²) in [6.07, 6.45) is -2.48. The van der Waals surface area contributed by atoms with Crippen LogP contribution in [0.4, 0.5) is 0 Å². The van der Waals surface area contributed by atoms with Crippen LogP contribution in [0.25, 0.3) is 10.4 Å². The first-order valence-corrected chi connectivity index (χ1v) is 5.74. The Morgan fingerprint density at radius 1 is 1.50 bits per heavy atom. The Morgan fingerprint density at radius 2 is 2.17 bits per heavy atom. The van der Waals surface area contributed by atoms with E-state index in [1.54, 1.807) is 0 Å². The molecular formula is C10H12BrN3O4. The van der Waals surface area contributed by atoms with Crippen molar-refractivity contribution in [2.24, 2.45) is 5.11 Å². The fraction of sp³-hybridized carbons (Fsp3) is 0.400. The highest BCUT2D eigenvalue weighted by molar-refractivity contribution is 9.10. The van der Waals surface area contributed by atoms with E-state index in [1.165, 1.54) is 19.2 Å². The number of aromatic hydroxyl groups is 1. The van der Waals surface area contributed by atoms with Gasteiger partial charge in [0.05, 0.1) is 24.2 Å². The average molecular weight is 318 g/mol. The van der Waals surface area contributed by atoms with E-state index in [9.17, 15) is 15.3 Å². The number of phenols is 1. The van der Waals surface area contributed by atoms with Crippen LogP contribution in [0, 0.1) is 0 Å². The molecule has 1 aromatic rings. The van der Waals surface area contributed by atoms with E-state index < -0.39 is 12.2 Å². The molecule has 0 aromatic heterocycles. The van der Waals surface area contributed by atoms with Gasteiger partial charge < -0.3 is 20.1 Å². The van der Waals surface area contributed by atoms with Crippen LogP contribution in [0.2, 0.25) is 0 Å². The van der Waals surface area contributed by atoms with Gasteiger partial charge in [0.25, 0.3) is 0 Å². The van der Waals surface area contributed by atoms with Gasteiger partial charge in [0, 0.05) is 4.91 Å². The second-order valence-electron chi connectivity index (χ2n) is 3.48. The van der Waals surface area contributed by atoms with Gasteiger partial charge in [-0.05, 0) is 39.2 Å². The predicted molar refractivity (Wildman–Crippen MR) is 67.3 cm³/mol. The van der Waals surface area contributed by atoms with Crippen LogP contribution in [0.15, 0.2) is 21.7 Å². The summed E-state index contributed by atoms with van der Waals surface area (Å²) in [5.41, 5.74) is 8.47. The van der Waals surface area contributed by atoms with Crippen molar-refractivity contribution in [1.82, 2.24) is 0 Å². The smallest absolute Gasteiger partial charge is 0.172 e. The lowest BCUT2D eigenvalue weighted by Gasteiger charge is -2.18. The second kappa shape index (κ2) is 6.46. The molecule has 3 N–H and O–H groups in total. The molecular weight excluding hydrogens is 306 g/mol. The minimum Gasteiger partial charge on any atom is -0.503 e. The Kier molecular flexibility index (Phi) is 5.24. The SMILES string of the molecule is COc1cc(C(O)C(O)CN=[N+]=[N-])cc(Br)c1O. The molecule has 98 valence electrons. The molecule has 0 aliphatic rings. The van der Waals surface area contributed by atoms with Gasteiger partial charge in [-0.2, -0.15) is 0 Å². The lowest BCUT2D eigenvalue weighted by atomic mass is 10.0. The summed E-state index contributed by atoms with van der Waals surface area (Å²) < 4.78 is 5.25. The molecule has 8 heteroatoms. The van der Waals surface area contributed by atoms with E-state index >= 15 is 0 Å². The first-order valence-electron chi connectivity index (χ1n) is 4.94. The van der Waals surface area contributed by atoms with Gasteiger partial charge in [0.15, 0.2) is 11.5 Å². The van der Waals surface area contributed by atoms with E-state index in [2.05, 4.69) is 26.0 Å². The highest BCUT2D eigenvalue weighted by atomic mass is 79.9. The summed E-state index contributed by atoms with van der Waals surface area (Å²) >= 11 is 3.10. The zero-order valence-electron chi connectivity index (χ0n) is 9.49. The van der Waals surface area contributed by atoms with Gasteiger partial charge in [0.2, 0.25) is 0 Å². The fourth-order valence-corrected chi connectivity index (χ4v) is 1.82. The lowest BCUT2D eigenvalue weighted by molar-refractivity contribution is 0.0242. The van der Waals surface area contributed by atoms with Crippen LogP contribution in [0.1, 0.15) is 11.7 Å². The van der Waals surface area contributed by atoms with E-state index in [1.807, 2.05) is 0 Å². The summed E-state index contributed by atoms with van der Waals surface area (Å²) in [5.74, 6) is 0.0624. The molecule has 0 saturated carbocycles. The summed E-state index contributed by atoms with van der Waals surface area (Å²) in [6, 6.07) is 2.84. The van der Waals surface area contributed by atoms with Gasteiger partial charge in [0.1, 0.15) is 6.10 Å². The number of hydrogen-bond acceptors (Lipinski definition) is 5. The first-order chi connectivity index (χ1) is 8.51. The summed E-state index contributed by atoms with van der Waals surface area (Å²) in [4.78, 5) is 2.50. The quantitative estimate of drug-likeness (QED) is 0.436. The summed E-state index contributed by atoms with van der Waals surface area (Å²) in [6.45, 7) is -0.252. The number of halogens is 1. The normalized spacial score (nSPS) is 13.6. The largest absolute Gasteiger partial charge is 0.503 e. The average Bonchev–Trinajstić information content (AvgIpc) is 2.38. The monoisotopic (exact) mass is 317 g/mol. The van der Waals surface area contributed by atoms with Gasteiger partial charge in [-0.1, -0.05) is 5.11 Å². The van der Waals surface area contributed by atoms with E-state index in [0.29, 0.717) is 10.0 Å². The highest BCUT2D eigenvalue weighted by Gasteiger charge is 2.20. The molecule has 0 fully saturated rings. The highest BCUT2D eigenvalue weighted by Crippen LogP contribution is 2.37. The number of aliphatic hydroxyl groups is 2. The molecule has 0 saturated heterocycles. The van der Waals surface area contributed by atoms with Crippen molar-refractivity contribution in [3.8, 4) is 11.5 Å². The van der Waals surface area contributed by atoms with Crippen LogP contribution < -0.4 is 4.74 Å². The van der Waals surface area contributed by atoms with Crippen LogP contribution in [-0.2, 0) is 0 Å². The number of phenolic OH excluding ortho intramolecular Hbond substituents is 1. The van der Waals surface area contributed by atoms with Crippen molar-refractivity contribution < 1.29 is 20.1 Å². The minimum atomic E-state index is -1.25. The molecule has 2 unspecified atom stereocenters. The standard InChI is InChI=1S/C10H12BrN3O4/c1-18-8-3-5(2-6(11)10(8)17)9(16)7(15)4-13-14-12/h2-3,7,9,15-17H,4H2,1H3. The van der Waals surface area contributed by atoms with E-state index in [0.717, 1.165) is 0 Å². The number of azide groups is 1. The molecule has 0 bridgehead atoms. The number of aliphatic hydroxyl groups excluding tert-OH is 2. The number of hydrogen-bond donors (Lipinski definition) is 3. The molecule has 18 heavy (non-hydrogen) atoms. The second-order valence-corrected chi connectivity index (χ2v) is 4.33. The van der Waals surface area contributed by atoms with E-state index in [4.69, 9.17) is 10.3 Å². The van der Waals surface area contributed by atoms with Crippen LogP contribution >= 0.6 is 15.9 Å². The molecule has 0 amide bonds. The third kappa shape index (κ3) is 3.27. The third-order valence-electron chi connectivity index (χ3n) is 2.31. The maximum absolute atomic E-state index is 9.86. The fourth-order valence-electron chi connectivity index (χ4n) is 1.36. The van der Waals surface area contributed by atoms with Crippen LogP contribution in [0.3, 0.4) is 0 Å². The van der Waals surface area contributed by atoms with Crippen molar-refractivity contribution in [3.05, 3.63) is 32.6 Å². The van der Waals surface area contributed by atoms with Crippen LogP contribution in [-0.4, -0.2) is 35.1 Å². The summed E-state index contributed by atoms with van der Waals surface area (Å²) in [7, 11) is 1.37. The van der Waals surface area contributed by atoms with Crippen molar-refractivity contribution in [2.75, 3.05) is 13.7 Å². The molecule has 0 radical (unpaired) electrons. The molecule has 0 spiro atoms. The van der Waals surface area contributed by atoms with Crippen molar-refractivity contribution in [3.63, 3.8) is 0 Å². The molecule has 7 nitrogen and oxygen atoms in total. The molecule has 1 aromatic carbocycles. The Labute approximate surface area is 111 Å². The van der Waals surface area contributed by atoms with Crippen molar-refractivity contribution in [1.29, 1.82) is 0 Å².